The summed E-state index contributed by atoms with van der Waals surface area (Å²) in [6.07, 6.45) is 1.10. The summed E-state index contributed by atoms with van der Waals surface area (Å²) in [6.45, 7) is 2.46. The maximum Gasteiger partial charge on any atom is 0.255 e. The van der Waals surface area contributed by atoms with Crippen LogP contribution in [0.25, 0.3) is 11.1 Å². The van der Waals surface area contributed by atoms with Gasteiger partial charge in [0.15, 0.2) is 0 Å². The molecule has 1 unspecified atom stereocenters. The third kappa shape index (κ3) is 6.35. The summed E-state index contributed by atoms with van der Waals surface area (Å²) in [4.78, 5) is 39.0. The molecule has 8 rings (SSSR count). The van der Waals surface area contributed by atoms with E-state index in [2.05, 4.69) is 22.5 Å². The Labute approximate surface area is 308 Å². The van der Waals surface area contributed by atoms with Gasteiger partial charge >= 0.3 is 0 Å². The van der Waals surface area contributed by atoms with Gasteiger partial charge in [0.25, 0.3) is 5.91 Å². The quantitative estimate of drug-likeness (QED) is 0.188. The summed E-state index contributed by atoms with van der Waals surface area (Å²) in [6, 6.07) is 24.5. The van der Waals surface area contributed by atoms with Crippen LogP contribution in [0.15, 0.2) is 89.8 Å². The first-order chi connectivity index (χ1) is 25.6. The van der Waals surface area contributed by atoms with E-state index in [9.17, 15) is 27.9 Å². The van der Waals surface area contributed by atoms with Crippen LogP contribution in [0.4, 0.5) is 5.69 Å². The highest BCUT2D eigenvalue weighted by molar-refractivity contribution is 7.89. The van der Waals surface area contributed by atoms with E-state index < -0.39 is 28.0 Å². The molecule has 12 heteroatoms. The Balaban J connectivity index is 1.00. The zero-order chi connectivity index (χ0) is 36.9. The number of hydrogen-bond donors (Lipinski definition) is 3. The Hall–Kier alpha value is -5.48. The molecular formula is C41H38N4O7S. The van der Waals surface area contributed by atoms with Gasteiger partial charge in [-0.15, -0.1) is 0 Å². The van der Waals surface area contributed by atoms with Crippen LogP contribution in [0.2, 0.25) is 0 Å². The number of aliphatic hydroxyl groups is 1. The number of nitrogens with one attached hydrogen (secondary N) is 2. The van der Waals surface area contributed by atoms with E-state index in [1.165, 1.54) is 4.90 Å². The minimum atomic E-state index is -3.79. The number of benzene rings is 4. The van der Waals surface area contributed by atoms with E-state index in [0.717, 1.165) is 33.5 Å². The largest absolute Gasteiger partial charge is 0.481 e. The Morgan fingerprint density at radius 3 is 2.53 bits per heavy atom. The second-order valence-corrected chi connectivity index (χ2v) is 15.8. The van der Waals surface area contributed by atoms with Gasteiger partial charge in [0, 0.05) is 41.3 Å². The molecular weight excluding hydrogens is 693 g/mol. The highest BCUT2D eigenvalue weighted by Crippen LogP contribution is 2.49. The minimum absolute atomic E-state index is 0.0676. The van der Waals surface area contributed by atoms with Crippen LogP contribution in [0, 0.1) is 24.7 Å². The number of ether oxygens (including phenoxy) is 1. The van der Waals surface area contributed by atoms with Crippen molar-refractivity contribution in [2.45, 2.75) is 55.8 Å². The summed E-state index contributed by atoms with van der Waals surface area (Å²) < 4.78 is 35.6. The lowest BCUT2D eigenvalue weighted by Crippen LogP contribution is -2.52. The van der Waals surface area contributed by atoms with Crippen LogP contribution in [0.3, 0.4) is 0 Å². The SMILES string of the molecule is Cc1ccc(S(=O)(=O)N2CC[C@@H]3[C@H](CO)Nc4ccc(-c5cccc(C#CCOc6cccc7c6CN(C6CCC(=O)NC6=O)C7=O)c5)cc4[C@@H]32)cc1. The number of carbonyl (C=O) groups excluding carboxylic acids is 3. The fourth-order valence-electron chi connectivity index (χ4n) is 8.04. The van der Waals surface area contributed by atoms with Crippen LogP contribution in [0.5, 0.6) is 5.75 Å². The van der Waals surface area contributed by atoms with Crippen molar-refractivity contribution < 1.29 is 32.6 Å². The van der Waals surface area contributed by atoms with Gasteiger partial charge in [0.05, 0.1) is 30.1 Å². The zero-order valence-electron chi connectivity index (χ0n) is 29.0. The number of hydrogen-bond acceptors (Lipinski definition) is 8. The van der Waals surface area contributed by atoms with Crippen LogP contribution in [-0.4, -0.2) is 72.3 Å². The number of nitrogens with zero attached hydrogens (tertiary/aromatic N) is 2. The van der Waals surface area contributed by atoms with Gasteiger partial charge in [0.1, 0.15) is 18.4 Å². The summed E-state index contributed by atoms with van der Waals surface area (Å²) in [5.74, 6) is 5.60. The fraction of sp³-hybridized carbons (Fsp3) is 0.293. The Morgan fingerprint density at radius 1 is 0.943 bits per heavy atom. The molecule has 4 aliphatic rings. The molecule has 4 aliphatic heterocycles. The minimum Gasteiger partial charge on any atom is -0.481 e. The highest BCUT2D eigenvalue weighted by atomic mass is 32.2. The molecule has 0 spiro atoms. The molecule has 0 aromatic heterocycles. The zero-order valence-corrected chi connectivity index (χ0v) is 29.9. The van der Waals surface area contributed by atoms with Crippen molar-refractivity contribution in [2.75, 3.05) is 25.1 Å². The molecule has 0 radical (unpaired) electrons. The average Bonchev–Trinajstić information content (AvgIpc) is 3.76. The van der Waals surface area contributed by atoms with Crippen molar-refractivity contribution in [2.24, 2.45) is 5.92 Å². The molecule has 4 aromatic carbocycles. The van der Waals surface area contributed by atoms with Gasteiger partial charge in [-0.25, -0.2) is 8.42 Å². The standard InChI is InChI=1S/C41H38N4O7S/c1-25-10-13-29(14-11-25)53(50,51)45-19-18-31-35(24-46)42-34-15-12-28(22-32(34)39(31)45)27-7-2-5-26(21-27)6-4-20-52-37-9-3-8-30-33(37)23-44(41(30)49)36-16-17-38(47)43-40(36)48/h2-3,5,7-15,21-22,31,35-36,39,42,46H,16-20,23-24H2,1H3,(H,43,47,48)/t31-,35+,36?,39-/m1/s1. The van der Waals surface area contributed by atoms with E-state index in [1.54, 1.807) is 34.6 Å². The second-order valence-electron chi connectivity index (χ2n) is 13.9. The van der Waals surface area contributed by atoms with Crippen LogP contribution < -0.4 is 15.4 Å². The predicted octanol–water partition coefficient (Wildman–Crippen LogP) is 4.39. The smallest absolute Gasteiger partial charge is 0.255 e. The Morgan fingerprint density at radius 2 is 1.74 bits per heavy atom. The summed E-state index contributed by atoms with van der Waals surface area (Å²) in [7, 11) is -3.79. The van der Waals surface area contributed by atoms with Gasteiger partial charge in [-0.2, -0.15) is 4.31 Å². The van der Waals surface area contributed by atoms with Crippen LogP contribution in [0.1, 0.15) is 57.9 Å². The third-order valence-corrected chi connectivity index (χ3v) is 12.6. The number of amides is 3. The molecule has 3 N–H and O–H groups in total. The topological polar surface area (TPSA) is 145 Å². The number of aryl methyl sites for hydroxylation is 1. The molecule has 4 atom stereocenters. The van der Waals surface area contributed by atoms with Gasteiger partial charge in [-0.3, -0.25) is 19.7 Å². The molecule has 2 fully saturated rings. The number of anilines is 1. The Bertz CT molecular complexity index is 2310. The lowest BCUT2D eigenvalue weighted by atomic mass is 9.82. The molecule has 0 saturated carbocycles. The van der Waals surface area contributed by atoms with E-state index in [0.29, 0.717) is 29.8 Å². The van der Waals surface area contributed by atoms with Crippen LogP contribution in [-0.2, 0) is 26.2 Å². The van der Waals surface area contributed by atoms with E-state index in [4.69, 9.17) is 4.74 Å². The lowest BCUT2D eigenvalue weighted by Gasteiger charge is -2.39. The number of imide groups is 1. The molecule has 3 amide bonds. The van der Waals surface area contributed by atoms with Crippen LogP contribution >= 0.6 is 0 Å². The molecule has 53 heavy (non-hydrogen) atoms. The van der Waals surface area contributed by atoms with Crippen molar-refractivity contribution in [3.05, 3.63) is 113 Å². The van der Waals surface area contributed by atoms with Gasteiger partial charge in [0.2, 0.25) is 21.8 Å². The average molecular weight is 731 g/mol. The van der Waals surface area contributed by atoms with E-state index in [1.807, 2.05) is 61.5 Å². The molecule has 4 aromatic rings. The number of rotatable bonds is 7. The normalized spacial score (nSPS) is 22.2. The first kappa shape index (κ1) is 34.6. The second kappa shape index (κ2) is 13.8. The number of sulfonamides is 1. The van der Waals surface area contributed by atoms with Crippen molar-refractivity contribution in [3.8, 4) is 28.7 Å². The highest BCUT2D eigenvalue weighted by Gasteiger charge is 2.48. The third-order valence-electron chi connectivity index (χ3n) is 10.7. The molecule has 2 saturated heterocycles. The summed E-state index contributed by atoms with van der Waals surface area (Å²) >= 11 is 0. The maximum absolute atomic E-state index is 14.0. The first-order valence-electron chi connectivity index (χ1n) is 17.7. The predicted molar refractivity (Wildman–Crippen MR) is 197 cm³/mol. The number of aliphatic hydroxyl groups excluding tert-OH is 1. The molecule has 270 valence electrons. The van der Waals surface area contributed by atoms with Crippen molar-refractivity contribution in [1.29, 1.82) is 0 Å². The number of carbonyl (C=O) groups is 3. The first-order valence-corrected chi connectivity index (χ1v) is 19.1. The molecule has 0 bridgehead atoms. The molecule has 11 nitrogen and oxygen atoms in total. The monoisotopic (exact) mass is 730 g/mol. The van der Waals surface area contributed by atoms with Gasteiger partial charge < -0.3 is 20.1 Å². The van der Waals surface area contributed by atoms with Crippen molar-refractivity contribution in [1.82, 2.24) is 14.5 Å². The number of fused-ring (bicyclic) bond motifs is 4. The maximum atomic E-state index is 14.0. The van der Waals surface area contributed by atoms with Crippen molar-refractivity contribution >= 4 is 33.4 Å². The lowest BCUT2D eigenvalue weighted by molar-refractivity contribution is -0.136. The summed E-state index contributed by atoms with van der Waals surface area (Å²) in [5.41, 5.74) is 6.42. The molecule has 0 aliphatic carbocycles. The van der Waals surface area contributed by atoms with E-state index >= 15 is 0 Å². The van der Waals surface area contributed by atoms with Crippen molar-refractivity contribution in [3.63, 3.8) is 0 Å². The van der Waals surface area contributed by atoms with E-state index in [-0.39, 0.29) is 61.3 Å². The Kier molecular flexibility index (Phi) is 9.02. The number of piperidine rings is 1. The van der Waals surface area contributed by atoms with Gasteiger partial charge in [-0.05, 0) is 85.0 Å². The fourth-order valence-corrected chi connectivity index (χ4v) is 9.70. The van der Waals surface area contributed by atoms with Gasteiger partial charge in [-0.1, -0.05) is 53.8 Å². The summed E-state index contributed by atoms with van der Waals surface area (Å²) in [5, 5.41) is 16.0. The molecule has 4 heterocycles.